The van der Waals surface area contributed by atoms with E-state index in [0.29, 0.717) is 5.95 Å². The maximum atomic E-state index is 5.96. The van der Waals surface area contributed by atoms with E-state index in [1.165, 1.54) is 6.42 Å². The molecule has 6 nitrogen and oxygen atoms in total. The van der Waals surface area contributed by atoms with Crippen molar-refractivity contribution in [3.05, 3.63) is 23.0 Å². The lowest BCUT2D eigenvalue weighted by molar-refractivity contribution is 0.221. The molecule has 2 aromatic heterocycles. The zero-order chi connectivity index (χ0) is 14.1. The van der Waals surface area contributed by atoms with E-state index in [0.717, 1.165) is 30.7 Å². The third-order valence-electron chi connectivity index (χ3n) is 3.16. The van der Waals surface area contributed by atoms with Crippen LogP contribution in [0.15, 0.2) is 6.33 Å². The van der Waals surface area contributed by atoms with Crippen LogP contribution in [0.4, 0.5) is 0 Å². The Bertz CT molecular complexity index is 625. The number of aryl methyl sites for hydroxylation is 1. The number of imidazole rings is 1. The normalized spacial score (nSPS) is 14.4. The summed E-state index contributed by atoms with van der Waals surface area (Å²) >= 11 is 5.96. The van der Waals surface area contributed by atoms with Gasteiger partial charge >= 0.3 is 6.01 Å². The Balaban J connectivity index is 2.01. The molecule has 1 aliphatic carbocycles. The van der Waals surface area contributed by atoms with Crippen LogP contribution in [0.5, 0.6) is 6.01 Å². The Labute approximate surface area is 122 Å². The van der Waals surface area contributed by atoms with Crippen molar-refractivity contribution in [2.75, 3.05) is 0 Å². The van der Waals surface area contributed by atoms with Crippen LogP contribution in [-0.4, -0.2) is 30.6 Å². The molecule has 0 radical (unpaired) electrons. The minimum atomic E-state index is -0.0157. The van der Waals surface area contributed by atoms with E-state index in [1.807, 2.05) is 18.4 Å². The average Bonchev–Trinajstić information content (AvgIpc) is 2.80. The predicted molar refractivity (Wildman–Crippen MR) is 74.4 cm³/mol. The number of halogens is 1. The molecule has 0 bridgehead atoms. The first-order valence-corrected chi connectivity index (χ1v) is 7.15. The fraction of sp³-hybridized carbons (Fsp3) is 0.538. The summed E-state index contributed by atoms with van der Waals surface area (Å²) < 4.78 is 7.38. The highest BCUT2D eigenvalue weighted by Crippen LogP contribution is 2.22. The fourth-order valence-electron chi connectivity index (χ4n) is 2.33. The smallest absolute Gasteiger partial charge is 0.322 e. The van der Waals surface area contributed by atoms with Crippen LogP contribution >= 0.6 is 11.6 Å². The largest absolute Gasteiger partial charge is 0.461 e. The first-order valence-electron chi connectivity index (χ1n) is 6.77. The highest BCUT2D eigenvalue weighted by molar-refractivity contribution is 6.28. The van der Waals surface area contributed by atoms with E-state index in [1.54, 1.807) is 6.33 Å². The molecule has 1 aliphatic rings. The lowest BCUT2D eigenvalue weighted by atomic mass is 10.0. The van der Waals surface area contributed by atoms with Crippen molar-refractivity contribution in [3.8, 4) is 12.0 Å². The van der Waals surface area contributed by atoms with Gasteiger partial charge in [-0.1, -0.05) is 0 Å². The maximum Gasteiger partial charge on any atom is 0.322 e. The van der Waals surface area contributed by atoms with Gasteiger partial charge in [0.25, 0.3) is 0 Å². The predicted octanol–water partition coefficient (Wildman–Crippen LogP) is 2.38. The number of rotatable bonds is 3. The van der Waals surface area contributed by atoms with Gasteiger partial charge in [0, 0.05) is 5.69 Å². The summed E-state index contributed by atoms with van der Waals surface area (Å²) in [6.07, 6.45) is 6.07. The monoisotopic (exact) mass is 293 g/mol. The van der Waals surface area contributed by atoms with E-state index in [9.17, 15) is 0 Å². The molecule has 7 heteroatoms. The molecule has 0 N–H and O–H groups in total. The van der Waals surface area contributed by atoms with E-state index in [4.69, 9.17) is 16.3 Å². The van der Waals surface area contributed by atoms with Crippen LogP contribution in [0.2, 0.25) is 5.28 Å². The average molecular weight is 294 g/mol. The SMILES string of the molecule is CC(C)Oc1nc(Cl)nc(-n2cnc3c2CCCC3)n1. The molecular weight excluding hydrogens is 278 g/mol. The number of hydrogen-bond donors (Lipinski definition) is 0. The molecule has 0 unspecified atom stereocenters. The van der Waals surface area contributed by atoms with Crippen molar-refractivity contribution in [2.45, 2.75) is 45.6 Å². The molecule has 3 rings (SSSR count). The van der Waals surface area contributed by atoms with Crippen LogP contribution < -0.4 is 4.74 Å². The molecule has 0 saturated carbocycles. The summed E-state index contributed by atoms with van der Waals surface area (Å²) in [5.74, 6) is 0.469. The standard InChI is InChI=1S/C13H16ClN5O/c1-8(2)20-13-17-11(14)16-12(18-13)19-7-15-9-5-3-4-6-10(9)19/h7-8H,3-6H2,1-2H3. The molecule has 0 atom stereocenters. The van der Waals surface area contributed by atoms with E-state index in [2.05, 4.69) is 19.9 Å². The highest BCUT2D eigenvalue weighted by Gasteiger charge is 2.18. The van der Waals surface area contributed by atoms with Crippen LogP contribution in [0.1, 0.15) is 38.1 Å². The van der Waals surface area contributed by atoms with Crippen LogP contribution in [0.25, 0.3) is 5.95 Å². The highest BCUT2D eigenvalue weighted by atomic mass is 35.5. The fourth-order valence-corrected chi connectivity index (χ4v) is 2.48. The summed E-state index contributed by atoms with van der Waals surface area (Å²) in [5, 5.41) is 0.129. The Kier molecular flexibility index (Phi) is 3.56. The van der Waals surface area contributed by atoms with Crippen LogP contribution in [-0.2, 0) is 12.8 Å². The van der Waals surface area contributed by atoms with Gasteiger partial charge in [0.05, 0.1) is 11.8 Å². The van der Waals surface area contributed by atoms with Gasteiger partial charge in [-0.25, -0.2) is 4.98 Å². The van der Waals surface area contributed by atoms with Crippen molar-refractivity contribution in [1.29, 1.82) is 0 Å². The summed E-state index contributed by atoms with van der Waals surface area (Å²) in [5.41, 5.74) is 2.29. The molecule has 106 valence electrons. The Morgan fingerprint density at radius 1 is 1.20 bits per heavy atom. The second-order valence-electron chi connectivity index (χ2n) is 5.07. The summed E-state index contributed by atoms with van der Waals surface area (Å²) in [6, 6.07) is 0.244. The molecule has 2 heterocycles. The van der Waals surface area contributed by atoms with Crippen LogP contribution in [0.3, 0.4) is 0 Å². The van der Waals surface area contributed by atoms with Gasteiger partial charge in [-0.3, -0.25) is 4.57 Å². The zero-order valence-electron chi connectivity index (χ0n) is 11.5. The number of hydrogen-bond acceptors (Lipinski definition) is 5. The van der Waals surface area contributed by atoms with Crippen molar-refractivity contribution in [3.63, 3.8) is 0 Å². The van der Waals surface area contributed by atoms with Gasteiger partial charge in [0.2, 0.25) is 11.2 Å². The second kappa shape index (κ2) is 5.36. The molecule has 0 amide bonds. The van der Waals surface area contributed by atoms with Gasteiger partial charge in [0.15, 0.2) is 0 Å². The van der Waals surface area contributed by atoms with Gasteiger partial charge in [-0.15, -0.1) is 0 Å². The lowest BCUT2D eigenvalue weighted by Gasteiger charge is -2.13. The molecule has 0 saturated heterocycles. The van der Waals surface area contributed by atoms with Gasteiger partial charge in [-0.05, 0) is 51.1 Å². The Morgan fingerprint density at radius 3 is 2.80 bits per heavy atom. The molecule has 0 spiro atoms. The molecule has 0 fully saturated rings. The molecule has 0 aliphatic heterocycles. The van der Waals surface area contributed by atoms with Gasteiger partial charge in [-0.2, -0.15) is 15.0 Å². The van der Waals surface area contributed by atoms with E-state index >= 15 is 0 Å². The van der Waals surface area contributed by atoms with Crippen molar-refractivity contribution in [2.24, 2.45) is 0 Å². The Hall–Kier alpha value is -1.69. The molecule has 2 aromatic rings. The minimum Gasteiger partial charge on any atom is -0.461 e. The third-order valence-corrected chi connectivity index (χ3v) is 3.33. The number of ether oxygens (including phenoxy) is 1. The first kappa shape index (κ1) is 13.3. The number of fused-ring (bicyclic) bond motifs is 1. The van der Waals surface area contributed by atoms with E-state index < -0.39 is 0 Å². The number of nitrogens with zero attached hydrogens (tertiary/aromatic N) is 5. The summed E-state index contributed by atoms with van der Waals surface area (Å²) in [6.45, 7) is 3.83. The molecule has 20 heavy (non-hydrogen) atoms. The topological polar surface area (TPSA) is 65.7 Å². The van der Waals surface area contributed by atoms with Gasteiger partial charge < -0.3 is 4.74 Å². The van der Waals surface area contributed by atoms with E-state index in [-0.39, 0.29) is 17.4 Å². The Morgan fingerprint density at radius 2 is 2.00 bits per heavy atom. The van der Waals surface area contributed by atoms with Gasteiger partial charge in [0.1, 0.15) is 6.33 Å². The summed E-state index contributed by atoms with van der Waals surface area (Å²) in [4.78, 5) is 16.9. The first-order chi connectivity index (χ1) is 9.63. The van der Waals surface area contributed by atoms with Crippen molar-refractivity contribution >= 4 is 11.6 Å². The third kappa shape index (κ3) is 2.60. The minimum absolute atomic E-state index is 0.0157. The quantitative estimate of drug-likeness (QED) is 0.869. The molecular formula is C13H16ClN5O. The zero-order valence-corrected chi connectivity index (χ0v) is 12.3. The van der Waals surface area contributed by atoms with Crippen LogP contribution in [0, 0.1) is 0 Å². The summed E-state index contributed by atoms with van der Waals surface area (Å²) in [7, 11) is 0. The number of aromatic nitrogens is 5. The molecule has 0 aromatic carbocycles. The maximum absolute atomic E-state index is 5.96. The van der Waals surface area contributed by atoms with Crippen molar-refractivity contribution < 1.29 is 4.74 Å². The lowest BCUT2D eigenvalue weighted by Crippen LogP contribution is -2.13. The van der Waals surface area contributed by atoms with Crippen molar-refractivity contribution in [1.82, 2.24) is 24.5 Å². The second-order valence-corrected chi connectivity index (χ2v) is 5.41.